The molecule has 1 aromatic heterocycles. The summed E-state index contributed by atoms with van der Waals surface area (Å²) in [5.74, 6) is 0. The first kappa shape index (κ1) is 14.3. The molecule has 1 N–H and O–H groups in total. The predicted molar refractivity (Wildman–Crippen MR) is 79.1 cm³/mol. The number of hydrogen-bond acceptors (Lipinski definition) is 5. The van der Waals surface area contributed by atoms with Gasteiger partial charge in [0.1, 0.15) is 0 Å². The third-order valence-corrected chi connectivity index (χ3v) is 4.32. The summed E-state index contributed by atoms with van der Waals surface area (Å²) < 4.78 is 2.52. The van der Waals surface area contributed by atoms with Crippen molar-refractivity contribution >= 4 is 40.0 Å². The number of rotatable bonds is 4. The molecule has 0 aliphatic rings. The number of nitro groups is 1. The van der Waals surface area contributed by atoms with Gasteiger partial charge in [-0.05, 0) is 46.5 Å². The largest absolute Gasteiger partial charge is 0.390 e. The van der Waals surface area contributed by atoms with Crippen LogP contribution >= 0.6 is 34.4 Å². The minimum Gasteiger partial charge on any atom is -0.390 e. The Morgan fingerprint density at radius 1 is 1.58 bits per heavy atom. The molecule has 0 amide bonds. The first-order valence-electron chi connectivity index (χ1n) is 5.26. The lowest BCUT2D eigenvalue weighted by molar-refractivity contribution is -0.387. The summed E-state index contributed by atoms with van der Waals surface area (Å²) in [5.41, 5.74) is 0.723. The molecule has 1 aromatic carbocycles. The average Bonchev–Trinajstić information content (AvgIpc) is 2.72. The van der Waals surface area contributed by atoms with Crippen molar-refractivity contribution in [3.63, 3.8) is 0 Å². The van der Waals surface area contributed by atoms with Crippen LogP contribution in [0.15, 0.2) is 34.4 Å². The molecule has 2 aromatic rings. The van der Waals surface area contributed by atoms with Gasteiger partial charge in [0.25, 0.3) is 5.69 Å². The van der Waals surface area contributed by atoms with Gasteiger partial charge in [-0.1, -0.05) is 0 Å². The number of nitro benzene ring substituents is 1. The second-order valence-electron chi connectivity index (χ2n) is 3.72. The van der Waals surface area contributed by atoms with E-state index in [2.05, 4.69) is 4.98 Å². The highest BCUT2D eigenvalue weighted by Gasteiger charge is 2.17. The average molecular weight is 391 g/mol. The van der Waals surface area contributed by atoms with Gasteiger partial charge in [-0.3, -0.25) is 10.1 Å². The number of hydrogen-bond donors (Lipinski definition) is 1. The van der Waals surface area contributed by atoms with Gasteiger partial charge in [0.15, 0.2) is 5.16 Å². The van der Waals surface area contributed by atoms with Crippen LogP contribution in [0, 0.1) is 13.7 Å². The van der Waals surface area contributed by atoms with Crippen LogP contribution < -0.4 is 0 Å². The lowest BCUT2D eigenvalue weighted by Crippen LogP contribution is -1.98. The molecule has 2 rings (SSSR count). The fourth-order valence-corrected chi connectivity index (χ4v) is 2.89. The first-order chi connectivity index (χ1) is 9.02. The van der Waals surface area contributed by atoms with Gasteiger partial charge >= 0.3 is 0 Å². The maximum atomic E-state index is 11.0. The molecule has 0 saturated carbocycles. The number of imidazole rings is 1. The van der Waals surface area contributed by atoms with E-state index in [0.29, 0.717) is 15.7 Å². The normalized spacial score (nSPS) is 10.7. The Labute approximate surface area is 127 Å². The van der Waals surface area contributed by atoms with Crippen LogP contribution in [0.4, 0.5) is 5.69 Å². The second kappa shape index (κ2) is 5.88. The number of aliphatic hydroxyl groups excluding tert-OH is 1. The van der Waals surface area contributed by atoms with E-state index in [1.165, 1.54) is 17.8 Å². The monoisotopic (exact) mass is 391 g/mol. The van der Waals surface area contributed by atoms with Crippen molar-refractivity contribution in [3.8, 4) is 0 Å². The smallest absolute Gasteiger partial charge is 0.284 e. The van der Waals surface area contributed by atoms with E-state index >= 15 is 0 Å². The molecule has 19 heavy (non-hydrogen) atoms. The Hall–Kier alpha value is -1.13. The molecule has 100 valence electrons. The third-order valence-electron chi connectivity index (χ3n) is 2.52. The molecule has 0 aliphatic carbocycles. The number of benzene rings is 1. The van der Waals surface area contributed by atoms with Crippen molar-refractivity contribution in [1.82, 2.24) is 9.55 Å². The van der Waals surface area contributed by atoms with Crippen molar-refractivity contribution in [2.75, 3.05) is 0 Å². The SMILES string of the molecule is Cn1c(CO)cnc1Sc1ccc(I)cc1[N+](=O)[O-]. The molecular formula is C11H10IN3O3S. The molecule has 0 bridgehead atoms. The van der Waals surface area contributed by atoms with Crippen LogP contribution in [-0.2, 0) is 13.7 Å². The highest BCUT2D eigenvalue weighted by atomic mass is 127. The standard InChI is InChI=1S/C11H10IN3O3S/c1-14-8(6-16)5-13-11(14)19-10-3-2-7(12)4-9(10)15(17)18/h2-5,16H,6H2,1H3. The minimum absolute atomic E-state index is 0.0606. The Bertz CT molecular complexity index is 630. The van der Waals surface area contributed by atoms with Crippen molar-refractivity contribution in [2.45, 2.75) is 16.7 Å². The topological polar surface area (TPSA) is 81.2 Å². The molecule has 0 saturated heterocycles. The lowest BCUT2D eigenvalue weighted by Gasteiger charge is -2.05. The van der Waals surface area contributed by atoms with Crippen molar-refractivity contribution in [3.05, 3.63) is 43.8 Å². The first-order valence-corrected chi connectivity index (χ1v) is 7.15. The molecule has 0 unspecified atom stereocenters. The Morgan fingerprint density at radius 2 is 2.32 bits per heavy atom. The number of aliphatic hydroxyl groups is 1. The van der Waals surface area contributed by atoms with Crippen molar-refractivity contribution in [1.29, 1.82) is 0 Å². The molecule has 0 aliphatic heterocycles. The quantitative estimate of drug-likeness (QED) is 0.492. The van der Waals surface area contributed by atoms with Crippen molar-refractivity contribution in [2.24, 2.45) is 7.05 Å². The number of halogens is 1. The summed E-state index contributed by atoms with van der Waals surface area (Å²) in [5, 5.41) is 20.7. The van der Waals surface area contributed by atoms with E-state index < -0.39 is 4.92 Å². The van der Waals surface area contributed by atoms with E-state index in [1.54, 1.807) is 23.9 Å². The van der Waals surface area contributed by atoms with Gasteiger partial charge in [-0.15, -0.1) is 0 Å². The molecule has 1 heterocycles. The zero-order valence-electron chi connectivity index (χ0n) is 9.91. The minimum atomic E-state index is -0.402. The Morgan fingerprint density at radius 3 is 2.89 bits per heavy atom. The summed E-state index contributed by atoms with van der Waals surface area (Å²) in [4.78, 5) is 15.3. The molecule has 0 fully saturated rings. The van der Waals surface area contributed by atoms with Crippen molar-refractivity contribution < 1.29 is 10.0 Å². The van der Waals surface area contributed by atoms with Crippen LogP contribution in [0.25, 0.3) is 0 Å². The van der Waals surface area contributed by atoms with E-state index in [4.69, 9.17) is 5.11 Å². The molecular weight excluding hydrogens is 381 g/mol. The highest BCUT2D eigenvalue weighted by molar-refractivity contribution is 14.1. The van der Waals surface area contributed by atoms with Crippen LogP contribution in [0.3, 0.4) is 0 Å². The van der Waals surface area contributed by atoms with E-state index in [-0.39, 0.29) is 12.3 Å². The van der Waals surface area contributed by atoms with Gasteiger partial charge < -0.3 is 9.67 Å². The van der Waals surface area contributed by atoms with Gasteiger partial charge in [0.05, 0.1) is 28.3 Å². The van der Waals surface area contributed by atoms with Crippen LogP contribution in [0.2, 0.25) is 0 Å². The maximum absolute atomic E-state index is 11.0. The Balaban J connectivity index is 2.37. The maximum Gasteiger partial charge on any atom is 0.284 e. The zero-order valence-corrected chi connectivity index (χ0v) is 12.9. The van der Waals surface area contributed by atoms with Gasteiger partial charge in [-0.25, -0.2) is 4.98 Å². The summed E-state index contributed by atoms with van der Waals surface area (Å²) >= 11 is 3.25. The predicted octanol–water partition coefficient (Wildman–Crippen LogP) is 2.58. The van der Waals surface area contributed by atoms with Gasteiger partial charge in [0.2, 0.25) is 0 Å². The second-order valence-corrected chi connectivity index (χ2v) is 5.98. The fourth-order valence-electron chi connectivity index (χ4n) is 1.49. The molecule has 8 heteroatoms. The highest BCUT2D eigenvalue weighted by Crippen LogP contribution is 2.35. The number of aromatic nitrogens is 2. The zero-order chi connectivity index (χ0) is 14.0. The summed E-state index contributed by atoms with van der Waals surface area (Å²) in [7, 11) is 1.76. The molecule has 0 atom stereocenters. The van der Waals surface area contributed by atoms with E-state index in [1.807, 2.05) is 28.7 Å². The van der Waals surface area contributed by atoms with Crippen LogP contribution in [-0.4, -0.2) is 19.6 Å². The fraction of sp³-hybridized carbons (Fsp3) is 0.182. The van der Waals surface area contributed by atoms with Gasteiger partial charge in [0, 0.05) is 16.7 Å². The molecule has 0 spiro atoms. The molecule has 6 nitrogen and oxygen atoms in total. The molecule has 0 radical (unpaired) electrons. The lowest BCUT2D eigenvalue weighted by atomic mass is 10.3. The summed E-state index contributed by atoms with van der Waals surface area (Å²) in [6.07, 6.45) is 1.56. The van der Waals surface area contributed by atoms with E-state index in [9.17, 15) is 10.1 Å². The number of nitrogens with zero attached hydrogens (tertiary/aromatic N) is 3. The van der Waals surface area contributed by atoms with Crippen LogP contribution in [0.5, 0.6) is 0 Å². The summed E-state index contributed by atoms with van der Waals surface area (Å²) in [6, 6.07) is 5.04. The van der Waals surface area contributed by atoms with Crippen LogP contribution in [0.1, 0.15) is 5.69 Å². The van der Waals surface area contributed by atoms with E-state index in [0.717, 1.165) is 3.57 Å². The van der Waals surface area contributed by atoms with Gasteiger partial charge in [-0.2, -0.15) is 0 Å². The summed E-state index contributed by atoms with van der Waals surface area (Å²) in [6.45, 7) is -0.112. The third kappa shape index (κ3) is 3.07. The Kier molecular flexibility index (Phi) is 4.42.